The summed E-state index contributed by atoms with van der Waals surface area (Å²) in [6.07, 6.45) is 6.40. The summed E-state index contributed by atoms with van der Waals surface area (Å²) in [5.41, 5.74) is 2.15. The van der Waals surface area contributed by atoms with Crippen LogP contribution < -0.4 is 10.1 Å². The number of ether oxygens (including phenoxy) is 3. The van der Waals surface area contributed by atoms with Crippen LogP contribution in [0, 0.1) is 0 Å². The van der Waals surface area contributed by atoms with Gasteiger partial charge in [-0.1, -0.05) is 37.5 Å². The number of methoxy groups -OCH3 is 1. The predicted molar refractivity (Wildman–Crippen MR) is 125 cm³/mol. The molecule has 1 fully saturated rings. The number of benzene rings is 1. The first-order valence-electron chi connectivity index (χ1n) is 10.5. The van der Waals surface area contributed by atoms with Crippen molar-refractivity contribution in [1.29, 1.82) is 0 Å². The lowest BCUT2D eigenvalue weighted by atomic mass is 9.95. The van der Waals surface area contributed by atoms with Crippen LogP contribution in [-0.4, -0.2) is 38.3 Å². The van der Waals surface area contributed by atoms with Gasteiger partial charge in [0.05, 0.1) is 23.1 Å². The summed E-state index contributed by atoms with van der Waals surface area (Å²) in [5, 5.41) is 3.66. The molecule has 1 N–H and O–H groups in total. The van der Waals surface area contributed by atoms with Crippen LogP contribution in [0.3, 0.4) is 0 Å². The largest absolute Gasteiger partial charge is 0.479 e. The second kappa shape index (κ2) is 11.6. The van der Waals surface area contributed by atoms with Gasteiger partial charge in [-0.3, -0.25) is 0 Å². The van der Waals surface area contributed by atoms with Crippen molar-refractivity contribution in [1.82, 2.24) is 5.32 Å². The molecule has 1 heterocycles. The predicted octanol–water partition coefficient (Wildman–Crippen LogP) is 5.33. The molecule has 8 heteroatoms. The molecule has 0 bridgehead atoms. The van der Waals surface area contributed by atoms with Crippen LogP contribution in [0.2, 0.25) is 0 Å². The molecule has 1 aliphatic rings. The summed E-state index contributed by atoms with van der Waals surface area (Å²) in [4.78, 5) is 25.2. The van der Waals surface area contributed by atoms with Gasteiger partial charge in [0.1, 0.15) is 0 Å². The van der Waals surface area contributed by atoms with E-state index in [9.17, 15) is 9.59 Å². The van der Waals surface area contributed by atoms with Gasteiger partial charge in [-0.25, -0.2) is 9.59 Å². The van der Waals surface area contributed by atoms with E-state index in [0.717, 1.165) is 17.0 Å². The fourth-order valence-electron chi connectivity index (χ4n) is 3.66. The topological polar surface area (TPSA) is 73.9 Å². The molecule has 1 aromatic carbocycles. The average Bonchev–Trinajstić information content (AvgIpc) is 3.13. The van der Waals surface area contributed by atoms with Crippen LogP contribution in [0.5, 0.6) is 5.75 Å². The van der Waals surface area contributed by atoms with Crippen LogP contribution in [0.1, 0.15) is 54.3 Å². The van der Waals surface area contributed by atoms with Crippen LogP contribution in [0.4, 0.5) is 0 Å². The van der Waals surface area contributed by atoms with Gasteiger partial charge >= 0.3 is 11.9 Å². The lowest BCUT2D eigenvalue weighted by molar-refractivity contribution is -0.145. The summed E-state index contributed by atoms with van der Waals surface area (Å²) < 4.78 is 16.1. The molecule has 0 unspecified atom stereocenters. The molecule has 3 rings (SSSR count). The third kappa shape index (κ3) is 6.30. The van der Waals surface area contributed by atoms with Crippen molar-refractivity contribution >= 4 is 39.2 Å². The number of hydrogen-bond acceptors (Lipinski definition) is 7. The molecule has 0 saturated heterocycles. The Morgan fingerprint density at radius 3 is 2.71 bits per heavy atom. The lowest BCUT2D eigenvalue weighted by Gasteiger charge is -2.23. The number of nitrogens with one attached hydrogen (secondary N) is 1. The summed E-state index contributed by atoms with van der Waals surface area (Å²) >= 11 is 4.83. The van der Waals surface area contributed by atoms with Crippen molar-refractivity contribution in [2.45, 2.75) is 51.6 Å². The maximum Gasteiger partial charge on any atom is 0.351 e. The van der Waals surface area contributed by atoms with E-state index in [0.29, 0.717) is 21.1 Å². The molecule has 0 spiro atoms. The molecular weight excluding hydrogens is 482 g/mol. The molecule has 1 aromatic heterocycles. The van der Waals surface area contributed by atoms with Gasteiger partial charge in [0, 0.05) is 12.6 Å². The number of esters is 2. The third-order valence-electron chi connectivity index (χ3n) is 5.21. The summed E-state index contributed by atoms with van der Waals surface area (Å²) in [6, 6.07) is 8.80. The fraction of sp³-hybridized carbons (Fsp3) is 0.478. The summed E-state index contributed by atoms with van der Waals surface area (Å²) in [7, 11) is 1.32. The second-order valence-corrected chi connectivity index (χ2v) is 9.22. The monoisotopic (exact) mass is 509 g/mol. The van der Waals surface area contributed by atoms with Crippen molar-refractivity contribution in [3.63, 3.8) is 0 Å². The molecule has 2 aromatic rings. The molecule has 168 valence electrons. The first-order valence-corrected chi connectivity index (χ1v) is 12.2. The van der Waals surface area contributed by atoms with E-state index in [1.54, 1.807) is 6.92 Å². The fourth-order valence-corrected chi connectivity index (χ4v) is 5.63. The molecule has 0 radical (unpaired) electrons. The molecule has 0 amide bonds. The maximum atomic E-state index is 12.3. The molecule has 31 heavy (non-hydrogen) atoms. The standard InChI is InChI=1S/C23H28BrNO5S/c1-3-29-18(26)14-30-20-19(24)21(31-22(20)23(27)28-2)16-9-7-8-15(12-16)13-25-17-10-5-4-6-11-17/h7-9,12,17,25H,3-6,10-11,13-14H2,1-2H3. The minimum atomic E-state index is -0.508. The minimum Gasteiger partial charge on any atom is -0.479 e. The zero-order valence-corrected chi connectivity index (χ0v) is 20.3. The van der Waals surface area contributed by atoms with Crippen molar-refractivity contribution in [2.24, 2.45) is 0 Å². The van der Waals surface area contributed by atoms with E-state index in [1.165, 1.54) is 56.1 Å². The Balaban J connectivity index is 1.80. The van der Waals surface area contributed by atoms with E-state index >= 15 is 0 Å². The van der Waals surface area contributed by atoms with Crippen molar-refractivity contribution < 1.29 is 23.8 Å². The van der Waals surface area contributed by atoms with E-state index in [-0.39, 0.29) is 13.2 Å². The van der Waals surface area contributed by atoms with Crippen molar-refractivity contribution in [3.05, 3.63) is 39.2 Å². The Bertz CT molecular complexity index is 907. The Labute approximate surface area is 195 Å². The Hall–Kier alpha value is -1.90. The number of carbonyl (C=O) groups excluding carboxylic acids is 2. The summed E-state index contributed by atoms with van der Waals surface area (Å²) in [6.45, 7) is 2.52. The maximum absolute atomic E-state index is 12.3. The second-order valence-electron chi connectivity index (χ2n) is 7.40. The normalized spacial score (nSPS) is 14.3. The van der Waals surface area contributed by atoms with E-state index < -0.39 is 11.9 Å². The van der Waals surface area contributed by atoms with E-state index in [2.05, 4.69) is 33.4 Å². The zero-order valence-electron chi connectivity index (χ0n) is 17.9. The molecule has 1 aliphatic carbocycles. The molecule has 1 saturated carbocycles. The molecular formula is C23H28BrNO5S. The first-order chi connectivity index (χ1) is 15.0. The minimum absolute atomic E-state index is 0.268. The van der Waals surface area contributed by atoms with Crippen LogP contribution >= 0.6 is 27.3 Å². The SMILES string of the molecule is CCOC(=O)COc1c(C(=O)OC)sc(-c2cccc(CNC3CCCCC3)c2)c1Br. The van der Waals surface area contributed by atoms with Gasteiger partial charge in [0.2, 0.25) is 0 Å². The van der Waals surface area contributed by atoms with Crippen LogP contribution in [0.15, 0.2) is 28.7 Å². The highest BCUT2D eigenvalue weighted by molar-refractivity contribution is 9.10. The number of carbonyl (C=O) groups is 2. The van der Waals surface area contributed by atoms with Gasteiger partial charge in [-0.2, -0.15) is 0 Å². The summed E-state index contributed by atoms with van der Waals surface area (Å²) in [5.74, 6) is -0.703. The molecule has 0 atom stereocenters. The highest BCUT2D eigenvalue weighted by atomic mass is 79.9. The Morgan fingerprint density at radius 1 is 1.23 bits per heavy atom. The van der Waals surface area contributed by atoms with E-state index in [4.69, 9.17) is 14.2 Å². The molecule has 0 aliphatic heterocycles. The smallest absolute Gasteiger partial charge is 0.351 e. The van der Waals surface area contributed by atoms with Crippen LogP contribution in [-0.2, 0) is 20.8 Å². The average molecular weight is 510 g/mol. The quantitative estimate of drug-likeness (QED) is 0.460. The van der Waals surface area contributed by atoms with Gasteiger partial charge in [0.15, 0.2) is 17.2 Å². The first kappa shape index (κ1) is 23.8. The van der Waals surface area contributed by atoms with Gasteiger partial charge in [-0.05, 0) is 52.9 Å². The number of thiophene rings is 1. The molecule has 6 nitrogen and oxygen atoms in total. The van der Waals surface area contributed by atoms with E-state index in [1.807, 2.05) is 12.1 Å². The van der Waals surface area contributed by atoms with Gasteiger partial charge < -0.3 is 19.5 Å². The van der Waals surface area contributed by atoms with Crippen LogP contribution in [0.25, 0.3) is 10.4 Å². The van der Waals surface area contributed by atoms with Crippen molar-refractivity contribution in [3.8, 4) is 16.2 Å². The number of rotatable bonds is 9. The number of halogens is 1. The highest BCUT2D eigenvalue weighted by Crippen LogP contribution is 2.46. The lowest BCUT2D eigenvalue weighted by Crippen LogP contribution is -2.30. The van der Waals surface area contributed by atoms with Gasteiger partial charge in [0.25, 0.3) is 0 Å². The highest BCUT2D eigenvalue weighted by Gasteiger charge is 2.25. The number of hydrogen-bond donors (Lipinski definition) is 1. The Morgan fingerprint density at radius 2 is 2.00 bits per heavy atom. The van der Waals surface area contributed by atoms with Gasteiger partial charge in [-0.15, -0.1) is 11.3 Å². The Kier molecular flexibility index (Phi) is 8.92. The third-order valence-corrected chi connectivity index (χ3v) is 7.43. The van der Waals surface area contributed by atoms with Crippen molar-refractivity contribution in [2.75, 3.05) is 20.3 Å². The zero-order chi connectivity index (χ0) is 22.2.